The third-order valence-electron chi connectivity index (χ3n) is 5.75. The summed E-state index contributed by atoms with van der Waals surface area (Å²) in [6.45, 7) is 1.49. The van der Waals surface area contributed by atoms with Crippen molar-refractivity contribution in [3.8, 4) is 17.1 Å². The number of piperidine rings is 1. The van der Waals surface area contributed by atoms with Crippen LogP contribution in [0.5, 0.6) is 0 Å². The lowest BCUT2D eigenvalue weighted by Crippen LogP contribution is -2.44. The maximum Gasteiger partial charge on any atom is 0.208 e. The van der Waals surface area contributed by atoms with Gasteiger partial charge in [0.05, 0.1) is 23.5 Å². The van der Waals surface area contributed by atoms with E-state index in [0.29, 0.717) is 5.02 Å². The molecule has 1 saturated heterocycles. The molecule has 0 saturated carbocycles. The minimum atomic E-state index is -3.19. The van der Waals surface area contributed by atoms with Crippen LogP contribution in [0, 0.1) is 0 Å². The summed E-state index contributed by atoms with van der Waals surface area (Å²) in [4.78, 5) is 16.0. The van der Waals surface area contributed by atoms with Crippen molar-refractivity contribution in [3.63, 3.8) is 0 Å². The Morgan fingerprint density at radius 1 is 1.03 bits per heavy atom. The van der Waals surface area contributed by atoms with Gasteiger partial charge in [0.25, 0.3) is 0 Å². The number of aromatic nitrogens is 4. The average Bonchev–Trinajstić information content (AvgIpc) is 3.19. The second-order valence-electron chi connectivity index (χ2n) is 8.17. The fourth-order valence-electron chi connectivity index (χ4n) is 4.20. The number of imidazole rings is 1. The van der Waals surface area contributed by atoms with Gasteiger partial charge < -0.3 is 4.90 Å². The molecule has 0 spiro atoms. The molecule has 4 heterocycles. The number of fused-ring (bicyclic) bond motifs is 1. The van der Waals surface area contributed by atoms with Crippen LogP contribution in [0.15, 0.2) is 61.1 Å². The molecular weight excluding hydrogens is 460 g/mol. The number of hydrogen-bond donors (Lipinski definition) is 1. The van der Waals surface area contributed by atoms with Crippen LogP contribution in [-0.2, 0) is 10.0 Å². The summed E-state index contributed by atoms with van der Waals surface area (Å²) in [6.07, 6.45) is 8.06. The first kappa shape index (κ1) is 21.8. The maximum absolute atomic E-state index is 11.5. The summed E-state index contributed by atoms with van der Waals surface area (Å²) in [6, 6.07) is 13.5. The summed E-state index contributed by atoms with van der Waals surface area (Å²) in [5, 5.41) is 0.671. The number of pyridine rings is 2. The van der Waals surface area contributed by atoms with Crippen LogP contribution in [0.4, 0.5) is 5.82 Å². The van der Waals surface area contributed by atoms with E-state index in [2.05, 4.69) is 19.2 Å². The lowest BCUT2D eigenvalue weighted by Gasteiger charge is -2.32. The molecule has 170 valence electrons. The van der Waals surface area contributed by atoms with Gasteiger partial charge in [0.1, 0.15) is 11.6 Å². The number of rotatable bonds is 5. The topological polar surface area (TPSA) is 93.0 Å². The summed E-state index contributed by atoms with van der Waals surface area (Å²) in [7, 11) is -3.19. The molecule has 33 heavy (non-hydrogen) atoms. The molecule has 0 unspecified atom stereocenters. The number of halogens is 1. The van der Waals surface area contributed by atoms with Crippen LogP contribution < -0.4 is 9.62 Å². The third-order valence-corrected chi connectivity index (χ3v) is 6.76. The minimum Gasteiger partial charge on any atom is -0.357 e. The van der Waals surface area contributed by atoms with E-state index in [4.69, 9.17) is 21.6 Å². The molecule has 1 aliphatic rings. The Kier molecular flexibility index (Phi) is 5.77. The van der Waals surface area contributed by atoms with E-state index in [9.17, 15) is 8.42 Å². The molecule has 1 N–H and O–H groups in total. The van der Waals surface area contributed by atoms with Gasteiger partial charge in [-0.3, -0.25) is 9.55 Å². The van der Waals surface area contributed by atoms with Gasteiger partial charge in [-0.05, 0) is 55.3 Å². The van der Waals surface area contributed by atoms with E-state index >= 15 is 0 Å². The summed E-state index contributed by atoms with van der Waals surface area (Å²) in [5.74, 6) is 1.64. The quantitative estimate of drug-likeness (QED) is 0.466. The SMILES string of the molecule is CS(=O)(=O)NC1CCN(c2ccc(-c3nc4ccncc4n3-c3ccc(Cl)cc3)cn2)CC1. The molecule has 10 heteroatoms. The van der Waals surface area contributed by atoms with Crippen molar-refractivity contribution in [1.82, 2.24) is 24.2 Å². The van der Waals surface area contributed by atoms with Gasteiger partial charge in [0, 0.05) is 47.8 Å². The van der Waals surface area contributed by atoms with Crippen molar-refractivity contribution in [2.45, 2.75) is 18.9 Å². The third kappa shape index (κ3) is 4.71. The normalized spacial score (nSPS) is 15.3. The minimum absolute atomic E-state index is 0.0246. The molecule has 0 amide bonds. The van der Waals surface area contributed by atoms with Gasteiger partial charge in [-0.2, -0.15) is 0 Å². The molecule has 3 aromatic heterocycles. The lowest BCUT2D eigenvalue weighted by atomic mass is 10.1. The van der Waals surface area contributed by atoms with Gasteiger partial charge in [0.15, 0.2) is 0 Å². The van der Waals surface area contributed by atoms with Crippen molar-refractivity contribution in [2.75, 3.05) is 24.2 Å². The Morgan fingerprint density at radius 3 is 2.45 bits per heavy atom. The summed E-state index contributed by atoms with van der Waals surface area (Å²) in [5.41, 5.74) is 3.58. The van der Waals surface area contributed by atoms with Crippen molar-refractivity contribution >= 4 is 38.5 Å². The van der Waals surface area contributed by atoms with Crippen LogP contribution >= 0.6 is 11.6 Å². The van der Waals surface area contributed by atoms with Gasteiger partial charge in [0.2, 0.25) is 10.0 Å². The molecule has 0 bridgehead atoms. The van der Waals surface area contributed by atoms with Crippen molar-refractivity contribution in [2.24, 2.45) is 0 Å². The maximum atomic E-state index is 11.5. The van der Waals surface area contributed by atoms with Gasteiger partial charge in [-0.15, -0.1) is 0 Å². The van der Waals surface area contributed by atoms with E-state index < -0.39 is 10.0 Å². The largest absolute Gasteiger partial charge is 0.357 e. The molecule has 0 atom stereocenters. The van der Waals surface area contributed by atoms with Crippen molar-refractivity contribution in [1.29, 1.82) is 0 Å². The standard InChI is InChI=1S/C23H23ClN6O2S/c1-33(31,32)28-18-9-12-29(13-10-18)22-7-2-16(14-26-22)23-27-20-8-11-25-15-21(20)30(23)19-5-3-17(24)4-6-19/h2-8,11,14-15,18,28H,9-10,12-13H2,1H3. The molecular formula is C23H23ClN6O2S. The summed E-state index contributed by atoms with van der Waals surface area (Å²) < 4.78 is 27.7. The number of hydrogen-bond acceptors (Lipinski definition) is 6. The zero-order valence-electron chi connectivity index (χ0n) is 18.0. The predicted molar refractivity (Wildman–Crippen MR) is 130 cm³/mol. The Bertz CT molecular complexity index is 1380. The van der Waals surface area contributed by atoms with Crippen LogP contribution in [0.1, 0.15) is 12.8 Å². The van der Waals surface area contributed by atoms with E-state index in [1.54, 1.807) is 12.4 Å². The first-order chi connectivity index (χ1) is 15.9. The molecule has 5 rings (SSSR count). The Balaban J connectivity index is 1.43. The molecule has 1 aliphatic heterocycles. The van der Waals surface area contributed by atoms with Gasteiger partial charge in [-0.1, -0.05) is 11.6 Å². The van der Waals surface area contributed by atoms with Crippen LogP contribution in [0.3, 0.4) is 0 Å². The van der Waals surface area contributed by atoms with Crippen LogP contribution in [0.2, 0.25) is 5.02 Å². The fraction of sp³-hybridized carbons (Fsp3) is 0.261. The first-order valence-corrected chi connectivity index (χ1v) is 12.9. The average molecular weight is 483 g/mol. The molecule has 4 aromatic rings. The smallest absolute Gasteiger partial charge is 0.208 e. The summed E-state index contributed by atoms with van der Waals surface area (Å²) >= 11 is 6.09. The fourth-order valence-corrected chi connectivity index (χ4v) is 5.17. The van der Waals surface area contributed by atoms with Crippen molar-refractivity contribution < 1.29 is 8.42 Å². The lowest BCUT2D eigenvalue weighted by molar-refractivity contribution is 0.460. The number of sulfonamides is 1. The number of nitrogens with zero attached hydrogens (tertiary/aromatic N) is 5. The predicted octanol–water partition coefficient (Wildman–Crippen LogP) is 3.65. The Morgan fingerprint density at radius 2 is 1.79 bits per heavy atom. The highest BCUT2D eigenvalue weighted by Crippen LogP contribution is 2.29. The number of benzene rings is 1. The van der Waals surface area contributed by atoms with E-state index in [1.165, 1.54) is 6.26 Å². The molecule has 0 aliphatic carbocycles. The van der Waals surface area contributed by atoms with Crippen molar-refractivity contribution in [3.05, 3.63) is 66.1 Å². The Hall–Kier alpha value is -3.01. The van der Waals surface area contributed by atoms with E-state index in [0.717, 1.165) is 59.9 Å². The highest BCUT2D eigenvalue weighted by molar-refractivity contribution is 7.88. The van der Waals surface area contributed by atoms with E-state index in [-0.39, 0.29) is 6.04 Å². The van der Waals surface area contributed by atoms with Gasteiger partial charge >= 0.3 is 0 Å². The Labute approximate surface area is 197 Å². The van der Waals surface area contributed by atoms with E-state index in [1.807, 2.05) is 48.7 Å². The zero-order chi connectivity index (χ0) is 23.0. The molecule has 8 nitrogen and oxygen atoms in total. The molecule has 1 aromatic carbocycles. The second-order valence-corrected chi connectivity index (χ2v) is 10.4. The van der Waals surface area contributed by atoms with Crippen LogP contribution in [0.25, 0.3) is 28.1 Å². The first-order valence-electron chi connectivity index (χ1n) is 10.6. The van der Waals surface area contributed by atoms with Gasteiger partial charge in [-0.25, -0.2) is 23.1 Å². The highest BCUT2D eigenvalue weighted by Gasteiger charge is 2.23. The second kappa shape index (κ2) is 8.74. The highest BCUT2D eigenvalue weighted by atomic mass is 35.5. The molecule has 0 radical (unpaired) electrons. The van der Waals surface area contributed by atoms with Crippen LogP contribution in [-0.4, -0.2) is 53.3 Å². The zero-order valence-corrected chi connectivity index (χ0v) is 19.6. The monoisotopic (exact) mass is 482 g/mol. The molecule has 1 fully saturated rings. The number of anilines is 1. The number of nitrogens with one attached hydrogen (secondary N) is 1.